The SMILES string of the molecule is O=C(c1ccn[nH]1)N1CC(O)CC1c1cccc(C(F)(F)F)c1. The van der Waals surface area contributed by atoms with Gasteiger partial charge in [-0.1, -0.05) is 12.1 Å². The van der Waals surface area contributed by atoms with Crippen molar-refractivity contribution < 1.29 is 23.1 Å². The Labute approximate surface area is 129 Å². The van der Waals surface area contributed by atoms with Gasteiger partial charge in [0.2, 0.25) is 0 Å². The van der Waals surface area contributed by atoms with E-state index in [2.05, 4.69) is 10.2 Å². The number of rotatable bonds is 2. The summed E-state index contributed by atoms with van der Waals surface area (Å²) in [5, 5.41) is 16.1. The first-order valence-corrected chi connectivity index (χ1v) is 7.02. The van der Waals surface area contributed by atoms with E-state index in [9.17, 15) is 23.1 Å². The van der Waals surface area contributed by atoms with Gasteiger partial charge in [0.15, 0.2) is 0 Å². The fourth-order valence-corrected chi connectivity index (χ4v) is 2.81. The van der Waals surface area contributed by atoms with E-state index in [0.29, 0.717) is 5.56 Å². The number of aromatic amines is 1. The van der Waals surface area contributed by atoms with Crippen molar-refractivity contribution in [2.45, 2.75) is 24.7 Å². The maximum Gasteiger partial charge on any atom is 0.416 e. The number of likely N-dealkylation sites (tertiary alicyclic amines) is 1. The minimum Gasteiger partial charge on any atom is -0.391 e. The second-order valence-electron chi connectivity index (χ2n) is 5.46. The van der Waals surface area contributed by atoms with E-state index in [4.69, 9.17) is 0 Å². The summed E-state index contributed by atoms with van der Waals surface area (Å²) >= 11 is 0. The van der Waals surface area contributed by atoms with Crippen LogP contribution in [0.15, 0.2) is 36.5 Å². The molecule has 2 aromatic rings. The van der Waals surface area contributed by atoms with Gasteiger partial charge in [-0.3, -0.25) is 9.89 Å². The topological polar surface area (TPSA) is 69.2 Å². The van der Waals surface area contributed by atoms with Gasteiger partial charge in [0.05, 0.1) is 17.7 Å². The van der Waals surface area contributed by atoms with Crippen molar-refractivity contribution in [3.63, 3.8) is 0 Å². The lowest BCUT2D eigenvalue weighted by Crippen LogP contribution is -2.32. The summed E-state index contributed by atoms with van der Waals surface area (Å²) in [4.78, 5) is 13.8. The first-order valence-electron chi connectivity index (χ1n) is 7.02. The fraction of sp³-hybridized carbons (Fsp3) is 0.333. The van der Waals surface area contributed by atoms with Crippen molar-refractivity contribution in [3.05, 3.63) is 53.3 Å². The van der Waals surface area contributed by atoms with Gasteiger partial charge in [-0.2, -0.15) is 18.3 Å². The molecule has 2 unspecified atom stereocenters. The molecule has 0 aliphatic carbocycles. The van der Waals surface area contributed by atoms with E-state index in [1.54, 1.807) is 0 Å². The lowest BCUT2D eigenvalue weighted by atomic mass is 10.0. The van der Waals surface area contributed by atoms with Gasteiger partial charge in [-0.05, 0) is 30.2 Å². The van der Waals surface area contributed by atoms with Crippen molar-refractivity contribution >= 4 is 5.91 Å². The van der Waals surface area contributed by atoms with Gasteiger partial charge in [0.25, 0.3) is 5.91 Å². The molecule has 1 fully saturated rings. The van der Waals surface area contributed by atoms with Crippen LogP contribution in [-0.2, 0) is 6.18 Å². The first kappa shape index (κ1) is 15.5. The van der Waals surface area contributed by atoms with E-state index in [-0.39, 0.29) is 18.7 Å². The lowest BCUT2D eigenvalue weighted by Gasteiger charge is -2.24. The Morgan fingerprint density at radius 3 is 2.78 bits per heavy atom. The molecule has 2 N–H and O–H groups in total. The third-order valence-electron chi connectivity index (χ3n) is 3.87. The molecule has 1 amide bonds. The van der Waals surface area contributed by atoms with Gasteiger partial charge < -0.3 is 10.0 Å². The number of alkyl halides is 3. The van der Waals surface area contributed by atoms with Crippen LogP contribution in [0.1, 0.15) is 34.1 Å². The second-order valence-corrected chi connectivity index (χ2v) is 5.46. The van der Waals surface area contributed by atoms with Crippen LogP contribution in [0.2, 0.25) is 0 Å². The Bertz CT molecular complexity index is 700. The van der Waals surface area contributed by atoms with Gasteiger partial charge in [-0.25, -0.2) is 0 Å². The number of amides is 1. The normalized spacial score (nSPS) is 21.7. The molecule has 1 saturated heterocycles. The quantitative estimate of drug-likeness (QED) is 0.891. The summed E-state index contributed by atoms with van der Waals surface area (Å²) in [5.74, 6) is -0.401. The van der Waals surface area contributed by atoms with Gasteiger partial charge in [0, 0.05) is 12.7 Å². The van der Waals surface area contributed by atoms with Crippen molar-refractivity contribution in [1.29, 1.82) is 0 Å². The Morgan fingerprint density at radius 2 is 2.13 bits per heavy atom. The number of benzene rings is 1. The number of aliphatic hydroxyl groups excluding tert-OH is 1. The summed E-state index contributed by atoms with van der Waals surface area (Å²) in [6.45, 7) is 0.0682. The van der Waals surface area contributed by atoms with Gasteiger partial charge in [-0.15, -0.1) is 0 Å². The number of aliphatic hydroxyl groups is 1. The van der Waals surface area contributed by atoms with Gasteiger partial charge >= 0.3 is 6.18 Å². The van der Waals surface area contributed by atoms with E-state index in [1.807, 2.05) is 0 Å². The molecule has 0 saturated carbocycles. The second kappa shape index (κ2) is 5.69. The maximum atomic E-state index is 12.9. The number of nitrogens with zero attached hydrogens (tertiary/aromatic N) is 2. The number of nitrogens with one attached hydrogen (secondary N) is 1. The molecule has 8 heteroatoms. The summed E-state index contributed by atoms with van der Waals surface area (Å²) in [7, 11) is 0. The highest BCUT2D eigenvalue weighted by Crippen LogP contribution is 2.36. The number of carbonyl (C=O) groups excluding carboxylic acids is 1. The van der Waals surface area contributed by atoms with Crippen molar-refractivity contribution in [2.75, 3.05) is 6.54 Å². The number of hydrogen-bond acceptors (Lipinski definition) is 3. The van der Waals surface area contributed by atoms with Crippen molar-refractivity contribution in [3.8, 4) is 0 Å². The number of aromatic nitrogens is 2. The Balaban J connectivity index is 1.92. The fourth-order valence-electron chi connectivity index (χ4n) is 2.81. The van der Waals surface area contributed by atoms with E-state index in [0.717, 1.165) is 12.1 Å². The molecule has 2 atom stereocenters. The molecule has 5 nitrogen and oxygen atoms in total. The first-order chi connectivity index (χ1) is 10.9. The average molecular weight is 325 g/mol. The smallest absolute Gasteiger partial charge is 0.391 e. The Kier molecular flexibility index (Phi) is 3.85. The molecule has 0 bridgehead atoms. The van der Waals surface area contributed by atoms with Crippen LogP contribution in [0.25, 0.3) is 0 Å². The lowest BCUT2D eigenvalue weighted by molar-refractivity contribution is -0.137. The van der Waals surface area contributed by atoms with Crippen LogP contribution in [0.3, 0.4) is 0 Å². The van der Waals surface area contributed by atoms with Crippen molar-refractivity contribution in [2.24, 2.45) is 0 Å². The number of hydrogen-bond donors (Lipinski definition) is 2. The van der Waals surface area contributed by atoms with Crippen LogP contribution in [0, 0.1) is 0 Å². The maximum absolute atomic E-state index is 12.9. The standard InChI is InChI=1S/C15H14F3N3O2/c16-15(17,18)10-3-1-2-9(6-10)13-7-11(22)8-21(13)14(23)12-4-5-19-20-12/h1-6,11,13,22H,7-8H2,(H,19,20). The number of carbonyl (C=O) groups is 1. The molecule has 1 aliphatic heterocycles. The third-order valence-corrected chi connectivity index (χ3v) is 3.87. The summed E-state index contributed by atoms with van der Waals surface area (Å²) in [5.41, 5.74) is -0.189. The molecule has 1 aromatic carbocycles. The molecule has 122 valence electrons. The number of halogens is 3. The Morgan fingerprint density at radius 1 is 1.35 bits per heavy atom. The highest BCUT2D eigenvalue weighted by molar-refractivity contribution is 5.92. The van der Waals surface area contributed by atoms with Crippen molar-refractivity contribution in [1.82, 2.24) is 15.1 Å². The molecular formula is C15H14F3N3O2. The molecule has 2 heterocycles. The number of H-pyrrole nitrogens is 1. The molecule has 1 aromatic heterocycles. The zero-order valence-electron chi connectivity index (χ0n) is 11.9. The molecule has 3 rings (SSSR count). The molecule has 1 aliphatic rings. The highest BCUT2D eigenvalue weighted by Gasteiger charge is 2.37. The van der Waals surface area contributed by atoms with E-state index >= 15 is 0 Å². The Hall–Kier alpha value is -2.35. The third kappa shape index (κ3) is 3.07. The molecule has 23 heavy (non-hydrogen) atoms. The molecular weight excluding hydrogens is 311 g/mol. The van der Waals surface area contributed by atoms with Crippen LogP contribution in [0.4, 0.5) is 13.2 Å². The van der Waals surface area contributed by atoms with Crippen LogP contribution < -0.4 is 0 Å². The summed E-state index contributed by atoms with van der Waals surface area (Å²) < 4.78 is 38.6. The highest BCUT2D eigenvalue weighted by atomic mass is 19.4. The zero-order valence-corrected chi connectivity index (χ0v) is 11.9. The predicted molar refractivity (Wildman–Crippen MR) is 74.4 cm³/mol. The number of β-amino-alcohol motifs (C(OH)–C–C–N with tert-alkyl or cyclic N) is 1. The van der Waals surface area contributed by atoms with E-state index in [1.165, 1.54) is 29.3 Å². The van der Waals surface area contributed by atoms with Crippen LogP contribution >= 0.6 is 0 Å². The van der Waals surface area contributed by atoms with Gasteiger partial charge in [0.1, 0.15) is 5.69 Å². The minimum absolute atomic E-state index is 0.0682. The zero-order chi connectivity index (χ0) is 16.6. The van der Waals surface area contributed by atoms with Crippen LogP contribution in [-0.4, -0.2) is 38.8 Å². The molecule has 0 radical (unpaired) electrons. The molecule has 0 spiro atoms. The summed E-state index contributed by atoms with van der Waals surface area (Å²) in [6, 6.07) is 5.72. The summed E-state index contributed by atoms with van der Waals surface area (Å²) in [6.07, 6.45) is -3.62. The predicted octanol–water partition coefficient (Wildman–Crippen LogP) is 2.38. The largest absolute Gasteiger partial charge is 0.416 e. The average Bonchev–Trinajstić information content (AvgIpc) is 3.15. The monoisotopic (exact) mass is 325 g/mol. The minimum atomic E-state index is -4.45. The van der Waals surface area contributed by atoms with E-state index < -0.39 is 29.8 Å². The van der Waals surface area contributed by atoms with Crippen LogP contribution in [0.5, 0.6) is 0 Å².